The van der Waals surface area contributed by atoms with Crippen LogP contribution in [0.25, 0.3) is 0 Å². The third kappa shape index (κ3) is 4.27. The summed E-state index contributed by atoms with van der Waals surface area (Å²) < 4.78 is 11.8. The molecule has 3 aromatic rings. The van der Waals surface area contributed by atoms with E-state index in [1.807, 2.05) is 30.3 Å². The number of phenolic OH excluding ortho intramolecular Hbond substituents is 2. The molecule has 0 heterocycles. The summed E-state index contributed by atoms with van der Waals surface area (Å²) in [6, 6.07) is 23.0. The Morgan fingerprint density at radius 1 is 0.708 bits per heavy atom. The van der Waals surface area contributed by atoms with Gasteiger partial charge in [-0.25, -0.2) is 0 Å². The van der Waals surface area contributed by atoms with E-state index >= 15 is 0 Å². The van der Waals surface area contributed by atoms with Crippen LogP contribution in [-0.2, 0) is 11.3 Å². The molecule has 0 aliphatic rings. The second-order valence-corrected chi connectivity index (χ2v) is 5.33. The fraction of sp³-hybridized carbons (Fsp3) is 0.100. The van der Waals surface area contributed by atoms with Gasteiger partial charge in [0, 0.05) is 5.56 Å². The number of phenols is 2. The number of benzene rings is 3. The molecule has 0 aromatic heterocycles. The summed E-state index contributed by atoms with van der Waals surface area (Å²) in [6.45, 7) is 0.393. The van der Waals surface area contributed by atoms with Crippen LogP contribution in [0, 0.1) is 0 Å². The summed E-state index contributed by atoms with van der Waals surface area (Å²) in [5.41, 5.74) is 1.83. The smallest absolute Gasteiger partial charge is 0.227 e. The monoisotopic (exact) mass is 322 g/mol. The second-order valence-electron chi connectivity index (χ2n) is 5.33. The zero-order chi connectivity index (χ0) is 16.8. The highest BCUT2D eigenvalue weighted by atomic mass is 16.7. The van der Waals surface area contributed by atoms with Gasteiger partial charge >= 0.3 is 0 Å². The van der Waals surface area contributed by atoms with Crippen molar-refractivity contribution in [2.24, 2.45) is 0 Å². The largest absolute Gasteiger partial charge is 0.508 e. The molecule has 4 nitrogen and oxygen atoms in total. The van der Waals surface area contributed by atoms with Gasteiger partial charge in [-0.3, -0.25) is 0 Å². The standard InChI is InChI=1S/C20H18O4/c21-17-8-6-16(7-9-17)20(23-14-15-4-2-1-3-5-15)24-19-12-10-18(22)11-13-19/h1-13,20-22H,14H2. The van der Waals surface area contributed by atoms with Crippen molar-refractivity contribution >= 4 is 0 Å². The third-order valence-electron chi connectivity index (χ3n) is 3.49. The second kappa shape index (κ2) is 7.53. The van der Waals surface area contributed by atoms with Crippen LogP contribution >= 0.6 is 0 Å². The van der Waals surface area contributed by atoms with Crippen molar-refractivity contribution < 1.29 is 19.7 Å². The number of hydrogen-bond donors (Lipinski definition) is 2. The van der Waals surface area contributed by atoms with E-state index in [9.17, 15) is 10.2 Å². The Hall–Kier alpha value is -2.98. The summed E-state index contributed by atoms with van der Waals surface area (Å²) in [5.74, 6) is 0.942. The van der Waals surface area contributed by atoms with Crippen LogP contribution in [0.15, 0.2) is 78.9 Å². The molecule has 0 saturated heterocycles. The molecule has 2 N–H and O–H groups in total. The van der Waals surface area contributed by atoms with Gasteiger partial charge in [0.1, 0.15) is 17.2 Å². The van der Waals surface area contributed by atoms with Crippen molar-refractivity contribution in [1.29, 1.82) is 0 Å². The van der Waals surface area contributed by atoms with E-state index in [-0.39, 0.29) is 11.5 Å². The van der Waals surface area contributed by atoms with Crippen LogP contribution < -0.4 is 4.74 Å². The van der Waals surface area contributed by atoms with E-state index in [0.717, 1.165) is 11.1 Å². The van der Waals surface area contributed by atoms with E-state index in [2.05, 4.69) is 0 Å². The molecule has 0 radical (unpaired) electrons. The lowest BCUT2D eigenvalue weighted by molar-refractivity contribution is -0.0929. The highest BCUT2D eigenvalue weighted by Crippen LogP contribution is 2.26. The van der Waals surface area contributed by atoms with Crippen molar-refractivity contribution in [1.82, 2.24) is 0 Å². The van der Waals surface area contributed by atoms with Crippen molar-refractivity contribution in [2.75, 3.05) is 0 Å². The van der Waals surface area contributed by atoms with E-state index < -0.39 is 6.29 Å². The minimum absolute atomic E-state index is 0.175. The predicted molar refractivity (Wildman–Crippen MR) is 90.8 cm³/mol. The molecule has 3 rings (SSSR count). The van der Waals surface area contributed by atoms with Crippen LogP contribution in [-0.4, -0.2) is 10.2 Å². The molecule has 0 aliphatic heterocycles. The Morgan fingerprint density at radius 2 is 1.29 bits per heavy atom. The average Bonchev–Trinajstić information content (AvgIpc) is 2.62. The highest BCUT2D eigenvalue weighted by molar-refractivity contribution is 5.32. The summed E-state index contributed by atoms with van der Waals surface area (Å²) in [5, 5.41) is 18.8. The van der Waals surface area contributed by atoms with Crippen molar-refractivity contribution in [2.45, 2.75) is 12.9 Å². The minimum Gasteiger partial charge on any atom is -0.508 e. The van der Waals surface area contributed by atoms with E-state index in [4.69, 9.17) is 9.47 Å². The van der Waals surface area contributed by atoms with Crippen LogP contribution in [0.3, 0.4) is 0 Å². The number of ether oxygens (including phenoxy) is 2. The Morgan fingerprint density at radius 3 is 1.92 bits per heavy atom. The van der Waals surface area contributed by atoms with Gasteiger partial charge in [-0.05, 0) is 54.1 Å². The molecule has 1 unspecified atom stereocenters. The summed E-state index contributed by atoms with van der Waals surface area (Å²) in [6.07, 6.45) is -0.629. The zero-order valence-corrected chi connectivity index (χ0v) is 13.0. The normalized spacial score (nSPS) is 11.8. The Bertz CT molecular complexity index is 752. The maximum absolute atomic E-state index is 9.46. The number of aromatic hydroxyl groups is 2. The summed E-state index contributed by atoms with van der Waals surface area (Å²) in [7, 11) is 0. The number of rotatable bonds is 6. The lowest BCUT2D eigenvalue weighted by atomic mass is 10.2. The van der Waals surface area contributed by atoms with Gasteiger partial charge in [0.2, 0.25) is 6.29 Å². The molecule has 24 heavy (non-hydrogen) atoms. The first-order chi connectivity index (χ1) is 11.7. The van der Waals surface area contributed by atoms with E-state index in [0.29, 0.717) is 12.4 Å². The van der Waals surface area contributed by atoms with Crippen LogP contribution in [0.4, 0.5) is 0 Å². The average molecular weight is 322 g/mol. The first-order valence-corrected chi connectivity index (χ1v) is 7.61. The maximum Gasteiger partial charge on any atom is 0.227 e. The Labute approximate surface area is 140 Å². The van der Waals surface area contributed by atoms with Gasteiger partial charge < -0.3 is 19.7 Å². The van der Waals surface area contributed by atoms with E-state index in [1.54, 1.807) is 48.5 Å². The molecule has 4 heteroatoms. The third-order valence-corrected chi connectivity index (χ3v) is 3.49. The molecule has 0 saturated carbocycles. The molecular formula is C20H18O4. The van der Waals surface area contributed by atoms with Gasteiger partial charge in [-0.1, -0.05) is 30.3 Å². The van der Waals surface area contributed by atoms with Crippen LogP contribution in [0.2, 0.25) is 0 Å². The molecule has 0 amide bonds. The van der Waals surface area contributed by atoms with Crippen LogP contribution in [0.1, 0.15) is 17.4 Å². The molecule has 122 valence electrons. The van der Waals surface area contributed by atoms with Gasteiger partial charge in [0.05, 0.1) is 6.61 Å². The van der Waals surface area contributed by atoms with Crippen molar-refractivity contribution in [3.8, 4) is 17.2 Å². The van der Waals surface area contributed by atoms with Gasteiger partial charge in [0.15, 0.2) is 0 Å². The molecule has 0 fully saturated rings. The van der Waals surface area contributed by atoms with Crippen molar-refractivity contribution in [3.05, 3.63) is 90.0 Å². The van der Waals surface area contributed by atoms with Crippen molar-refractivity contribution in [3.63, 3.8) is 0 Å². The minimum atomic E-state index is -0.629. The first kappa shape index (κ1) is 15.9. The highest BCUT2D eigenvalue weighted by Gasteiger charge is 2.14. The fourth-order valence-corrected chi connectivity index (χ4v) is 2.22. The number of hydrogen-bond acceptors (Lipinski definition) is 4. The maximum atomic E-state index is 9.46. The molecule has 3 aromatic carbocycles. The molecule has 0 spiro atoms. The Balaban J connectivity index is 1.77. The molecule has 1 atom stereocenters. The molecular weight excluding hydrogens is 304 g/mol. The first-order valence-electron chi connectivity index (χ1n) is 7.61. The summed E-state index contributed by atoms with van der Waals surface area (Å²) in [4.78, 5) is 0. The molecule has 0 aliphatic carbocycles. The predicted octanol–water partition coefficient (Wildman–Crippen LogP) is 4.39. The van der Waals surface area contributed by atoms with Gasteiger partial charge in [-0.2, -0.15) is 0 Å². The fourth-order valence-electron chi connectivity index (χ4n) is 2.22. The SMILES string of the molecule is Oc1ccc(OC(OCc2ccccc2)c2ccc(O)cc2)cc1. The van der Waals surface area contributed by atoms with Crippen LogP contribution in [0.5, 0.6) is 17.2 Å². The van der Waals surface area contributed by atoms with Gasteiger partial charge in [0.25, 0.3) is 0 Å². The topological polar surface area (TPSA) is 58.9 Å². The summed E-state index contributed by atoms with van der Waals surface area (Å²) >= 11 is 0. The van der Waals surface area contributed by atoms with Gasteiger partial charge in [-0.15, -0.1) is 0 Å². The Kier molecular flexibility index (Phi) is 4.99. The zero-order valence-electron chi connectivity index (χ0n) is 13.0. The quantitative estimate of drug-likeness (QED) is 0.661. The lowest BCUT2D eigenvalue weighted by Gasteiger charge is -2.20. The van der Waals surface area contributed by atoms with E-state index in [1.165, 1.54) is 0 Å². The lowest BCUT2D eigenvalue weighted by Crippen LogP contribution is -2.12. The molecule has 0 bridgehead atoms.